The molecular weight excluding hydrogens is 330 g/mol. The number of anilines is 2. The van der Waals surface area contributed by atoms with Crippen LogP contribution in [0.25, 0.3) is 6.08 Å². The van der Waals surface area contributed by atoms with Gasteiger partial charge in [-0.3, -0.25) is 9.48 Å². The molecule has 24 heavy (non-hydrogen) atoms. The predicted molar refractivity (Wildman–Crippen MR) is 93.1 cm³/mol. The zero-order valence-corrected chi connectivity index (χ0v) is 14.5. The van der Waals surface area contributed by atoms with Gasteiger partial charge in [-0.1, -0.05) is 11.6 Å². The fraction of sp³-hybridized carbons (Fsp3) is 0.467. The summed E-state index contributed by atoms with van der Waals surface area (Å²) >= 11 is 6.18. The Bertz CT molecular complexity index is 786. The van der Waals surface area contributed by atoms with E-state index in [0.717, 1.165) is 31.6 Å². The highest BCUT2D eigenvalue weighted by atomic mass is 35.5. The number of aromatic nitrogens is 5. The molecule has 2 aromatic heterocycles. The van der Waals surface area contributed by atoms with Gasteiger partial charge < -0.3 is 10.6 Å². The summed E-state index contributed by atoms with van der Waals surface area (Å²) in [4.78, 5) is 14.7. The smallest absolute Gasteiger partial charge is 0.260 e. The molecule has 1 aliphatic heterocycles. The Labute approximate surface area is 144 Å². The molecule has 128 valence electrons. The van der Waals surface area contributed by atoms with Crippen LogP contribution in [0.3, 0.4) is 0 Å². The second kappa shape index (κ2) is 6.64. The quantitative estimate of drug-likeness (QED) is 0.850. The van der Waals surface area contributed by atoms with E-state index in [9.17, 15) is 4.79 Å². The largest absolute Gasteiger partial charge is 0.367 e. The topological polar surface area (TPSA) is 94.9 Å². The predicted octanol–water partition coefficient (Wildman–Crippen LogP) is 1.90. The first-order valence-electron chi connectivity index (χ1n) is 7.86. The molecule has 0 aromatic carbocycles. The minimum Gasteiger partial charge on any atom is -0.367 e. The highest BCUT2D eigenvalue weighted by Crippen LogP contribution is 2.22. The Morgan fingerprint density at radius 2 is 1.96 bits per heavy atom. The lowest BCUT2D eigenvalue weighted by molar-refractivity contribution is 0.0973. The molecule has 0 atom stereocenters. The summed E-state index contributed by atoms with van der Waals surface area (Å²) in [6.45, 7) is 3.54. The second-order valence-electron chi connectivity index (χ2n) is 5.83. The number of hydrogen-bond acceptors (Lipinski definition) is 6. The number of piperidine rings is 1. The number of carbonyl (C=O) groups excluding carboxylic acids is 1. The van der Waals surface area contributed by atoms with Crippen molar-refractivity contribution in [3.8, 4) is 0 Å². The highest BCUT2D eigenvalue weighted by Gasteiger charge is 2.22. The van der Waals surface area contributed by atoms with Crippen LogP contribution in [-0.2, 0) is 7.05 Å². The third-order valence-corrected chi connectivity index (χ3v) is 4.57. The van der Waals surface area contributed by atoms with E-state index >= 15 is 0 Å². The van der Waals surface area contributed by atoms with Gasteiger partial charge in [-0.25, -0.2) is 4.57 Å². The first-order chi connectivity index (χ1) is 11.5. The monoisotopic (exact) mass is 349 g/mol. The third-order valence-electron chi connectivity index (χ3n) is 4.12. The van der Waals surface area contributed by atoms with E-state index in [1.54, 1.807) is 17.8 Å². The Hall–Kier alpha value is -2.35. The van der Waals surface area contributed by atoms with Crippen LogP contribution in [0.15, 0.2) is 6.08 Å². The Morgan fingerprint density at radius 3 is 2.58 bits per heavy atom. The zero-order valence-electron chi connectivity index (χ0n) is 13.7. The molecule has 0 spiro atoms. The zero-order chi connectivity index (χ0) is 17.3. The van der Waals surface area contributed by atoms with E-state index in [1.165, 1.54) is 17.1 Å². The lowest BCUT2D eigenvalue weighted by atomic mass is 10.1. The van der Waals surface area contributed by atoms with Gasteiger partial charge in [-0.2, -0.15) is 5.10 Å². The number of rotatable bonds is 3. The van der Waals surface area contributed by atoms with Crippen molar-refractivity contribution in [2.45, 2.75) is 26.2 Å². The van der Waals surface area contributed by atoms with Gasteiger partial charge in [-0.15, -0.1) is 10.2 Å². The molecule has 0 unspecified atom stereocenters. The third kappa shape index (κ3) is 3.01. The highest BCUT2D eigenvalue weighted by molar-refractivity contribution is 6.31. The van der Waals surface area contributed by atoms with Crippen molar-refractivity contribution in [3.63, 3.8) is 0 Å². The Morgan fingerprint density at radius 1 is 1.25 bits per heavy atom. The van der Waals surface area contributed by atoms with Crippen molar-refractivity contribution in [1.82, 2.24) is 24.5 Å². The number of nitrogens with zero attached hydrogens (tertiary/aromatic N) is 6. The van der Waals surface area contributed by atoms with Gasteiger partial charge in [0.25, 0.3) is 5.91 Å². The van der Waals surface area contributed by atoms with Crippen LogP contribution in [-0.4, -0.2) is 43.5 Å². The molecule has 1 fully saturated rings. The first-order valence-corrected chi connectivity index (χ1v) is 8.24. The van der Waals surface area contributed by atoms with Crippen LogP contribution in [0.1, 0.15) is 35.3 Å². The molecule has 1 aliphatic rings. The Kier molecular flexibility index (Phi) is 4.57. The molecule has 0 saturated carbocycles. The number of carbonyl (C=O) groups is 1. The van der Waals surface area contributed by atoms with Crippen LogP contribution in [0.4, 0.5) is 11.9 Å². The van der Waals surface area contributed by atoms with Gasteiger partial charge >= 0.3 is 0 Å². The maximum absolute atomic E-state index is 12.6. The summed E-state index contributed by atoms with van der Waals surface area (Å²) in [7, 11) is 1.75. The fourth-order valence-corrected chi connectivity index (χ4v) is 3.10. The summed E-state index contributed by atoms with van der Waals surface area (Å²) in [6.07, 6.45) is 6.39. The summed E-state index contributed by atoms with van der Waals surface area (Å²) < 4.78 is 2.90. The number of nitrogen functional groups attached to an aromatic ring is 1. The lowest BCUT2D eigenvalue weighted by Gasteiger charge is -2.26. The molecule has 0 radical (unpaired) electrons. The Balaban J connectivity index is 1.87. The second-order valence-corrected chi connectivity index (χ2v) is 6.18. The van der Waals surface area contributed by atoms with E-state index in [4.69, 9.17) is 17.3 Å². The van der Waals surface area contributed by atoms with Crippen molar-refractivity contribution in [2.24, 2.45) is 7.05 Å². The lowest BCUT2D eigenvalue weighted by Crippen LogP contribution is -2.33. The van der Waals surface area contributed by atoms with Crippen LogP contribution < -0.4 is 10.6 Å². The van der Waals surface area contributed by atoms with Crippen LogP contribution in [0.5, 0.6) is 0 Å². The van der Waals surface area contributed by atoms with Gasteiger partial charge in [0.2, 0.25) is 11.9 Å². The summed E-state index contributed by atoms with van der Waals surface area (Å²) in [5.41, 5.74) is 7.30. The van der Waals surface area contributed by atoms with Gasteiger partial charge in [0, 0.05) is 31.8 Å². The van der Waals surface area contributed by atoms with Crippen LogP contribution in [0.2, 0.25) is 5.15 Å². The van der Waals surface area contributed by atoms with Gasteiger partial charge in [0.1, 0.15) is 5.15 Å². The SMILES string of the molecule is Cc1nn(C)c(Cl)c1C=CC(=O)n1c(N)nnc1N1CCCCC1. The minimum atomic E-state index is -0.308. The molecule has 1 saturated heterocycles. The van der Waals surface area contributed by atoms with Crippen molar-refractivity contribution in [1.29, 1.82) is 0 Å². The van der Waals surface area contributed by atoms with E-state index in [0.29, 0.717) is 16.7 Å². The van der Waals surface area contributed by atoms with Crippen molar-refractivity contribution >= 4 is 35.5 Å². The number of halogens is 1. The number of allylic oxidation sites excluding steroid dienone is 1. The molecule has 0 aliphatic carbocycles. The number of hydrogen-bond donors (Lipinski definition) is 1. The van der Waals surface area contributed by atoms with Crippen LogP contribution >= 0.6 is 11.6 Å². The molecule has 9 heteroatoms. The fourth-order valence-electron chi connectivity index (χ4n) is 2.86. The molecule has 8 nitrogen and oxygen atoms in total. The van der Waals surface area contributed by atoms with Gasteiger partial charge in [-0.05, 0) is 32.3 Å². The molecular formula is C15H20ClN7O. The average Bonchev–Trinajstić information content (AvgIpc) is 3.07. The van der Waals surface area contributed by atoms with Gasteiger partial charge in [0.15, 0.2) is 0 Å². The van der Waals surface area contributed by atoms with E-state index in [1.807, 2.05) is 11.8 Å². The first kappa shape index (κ1) is 16.5. The summed E-state index contributed by atoms with van der Waals surface area (Å²) in [5.74, 6) is 0.271. The molecule has 0 amide bonds. The minimum absolute atomic E-state index is 0.0826. The van der Waals surface area contributed by atoms with Crippen molar-refractivity contribution in [2.75, 3.05) is 23.7 Å². The van der Waals surface area contributed by atoms with Crippen LogP contribution in [0, 0.1) is 6.92 Å². The van der Waals surface area contributed by atoms with E-state index < -0.39 is 0 Å². The maximum atomic E-state index is 12.6. The molecule has 3 rings (SSSR count). The average molecular weight is 350 g/mol. The summed E-state index contributed by atoms with van der Waals surface area (Å²) in [5, 5.41) is 12.6. The van der Waals surface area contributed by atoms with Crippen molar-refractivity contribution in [3.05, 3.63) is 22.5 Å². The standard InChI is InChI=1S/C15H20ClN7O/c1-10-11(13(16)21(2)20-10)6-7-12(24)23-14(17)18-19-15(23)22-8-4-3-5-9-22/h6-7H,3-5,8-9H2,1-2H3,(H2,17,18). The van der Waals surface area contributed by atoms with E-state index in [-0.39, 0.29) is 11.9 Å². The molecule has 3 heterocycles. The molecule has 0 bridgehead atoms. The number of nitrogens with two attached hydrogens (primary N) is 1. The molecule has 2 aromatic rings. The maximum Gasteiger partial charge on any atom is 0.260 e. The number of aryl methyl sites for hydroxylation is 2. The summed E-state index contributed by atoms with van der Waals surface area (Å²) in [6, 6.07) is 0. The van der Waals surface area contributed by atoms with Gasteiger partial charge in [0.05, 0.1) is 5.69 Å². The normalized spacial score (nSPS) is 15.4. The van der Waals surface area contributed by atoms with Crippen molar-refractivity contribution < 1.29 is 4.79 Å². The molecule has 2 N–H and O–H groups in total. The van der Waals surface area contributed by atoms with E-state index in [2.05, 4.69) is 15.3 Å².